The predicted octanol–water partition coefficient (Wildman–Crippen LogP) is 0.125. The maximum absolute atomic E-state index is 12.8. The van der Waals surface area contributed by atoms with Gasteiger partial charge < -0.3 is 19.7 Å². The van der Waals surface area contributed by atoms with Crippen molar-refractivity contribution < 1.29 is 23.9 Å². The van der Waals surface area contributed by atoms with Crippen LogP contribution in [0.1, 0.15) is 22.3 Å². The number of methoxy groups -OCH3 is 1. The molecule has 0 saturated carbocycles. The summed E-state index contributed by atoms with van der Waals surface area (Å²) in [7, 11) is 1.26. The van der Waals surface area contributed by atoms with Gasteiger partial charge in [-0.2, -0.15) is 0 Å². The molecule has 1 aromatic carbocycles. The Morgan fingerprint density at radius 3 is 3.04 bits per heavy atom. The third-order valence-electron chi connectivity index (χ3n) is 4.12. The van der Waals surface area contributed by atoms with Gasteiger partial charge in [-0.3, -0.25) is 14.4 Å². The fourth-order valence-corrected chi connectivity index (χ4v) is 2.89. The second-order valence-electron chi connectivity index (χ2n) is 5.51. The number of nitrogens with zero attached hydrogens (tertiary/aromatic N) is 1. The van der Waals surface area contributed by atoms with Crippen molar-refractivity contribution in [1.82, 2.24) is 10.2 Å². The van der Waals surface area contributed by atoms with Gasteiger partial charge in [0.1, 0.15) is 11.8 Å². The first kappa shape index (κ1) is 15.3. The van der Waals surface area contributed by atoms with E-state index in [0.717, 1.165) is 17.7 Å². The average Bonchev–Trinajstić information content (AvgIpc) is 3.03. The first-order valence-corrected chi connectivity index (χ1v) is 7.51. The van der Waals surface area contributed by atoms with Crippen molar-refractivity contribution in [2.45, 2.75) is 18.9 Å². The Balaban J connectivity index is 1.83. The highest BCUT2D eigenvalue weighted by Crippen LogP contribution is 2.27. The summed E-state index contributed by atoms with van der Waals surface area (Å²) in [6, 6.07) is 4.42. The number of rotatable bonds is 3. The topological polar surface area (TPSA) is 84.9 Å². The molecule has 1 fully saturated rings. The van der Waals surface area contributed by atoms with Gasteiger partial charge in [-0.25, -0.2) is 0 Å². The molecule has 2 heterocycles. The molecule has 2 aliphatic heterocycles. The summed E-state index contributed by atoms with van der Waals surface area (Å²) >= 11 is 0. The lowest BCUT2D eigenvalue weighted by molar-refractivity contribution is -0.145. The van der Waals surface area contributed by atoms with Gasteiger partial charge >= 0.3 is 5.97 Å². The molecule has 1 unspecified atom stereocenters. The molecule has 0 aliphatic carbocycles. The summed E-state index contributed by atoms with van der Waals surface area (Å²) in [6.07, 6.45) is 0.616. The van der Waals surface area contributed by atoms with Crippen LogP contribution in [-0.4, -0.2) is 55.5 Å². The van der Waals surface area contributed by atoms with Crippen molar-refractivity contribution in [3.05, 3.63) is 29.3 Å². The molecule has 122 valence electrons. The van der Waals surface area contributed by atoms with Gasteiger partial charge in [-0.15, -0.1) is 0 Å². The number of nitrogens with one attached hydrogen (secondary N) is 1. The molecule has 1 atom stereocenters. The SMILES string of the molecule is COC(=O)CC1C(=O)NCCN1C(=O)c1ccc2c(c1)CCO2. The summed E-state index contributed by atoms with van der Waals surface area (Å²) in [5, 5.41) is 2.68. The van der Waals surface area contributed by atoms with E-state index in [-0.39, 0.29) is 18.2 Å². The summed E-state index contributed by atoms with van der Waals surface area (Å²) in [5.74, 6) is -0.320. The van der Waals surface area contributed by atoms with Crippen molar-refractivity contribution in [2.75, 3.05) is 26.8 Å². The predicted molar refractivity (Wildman–Crippen MR) is 80.1 cm³/mol. The van der Waals surface area contributed by atoms with Crippen molar-refractivity contribution in [1.29, 1.82) is 0 Å². The monoisotopic (exact) mass is 318 g/mol. The van der Waals surface area contributed by atoms with Crippen molar-refractivity contribution >= 4 is 17.8 Å². The smallest absolute Gasteiger partial charge is 0.308 e. The van der Waals surface area contributed by atoms with E-state index >= 15 is 0 Å². The van der Waals surface area contributed by atoms with Crippen molar-refractivity contribution in [3.8, 4) is 5.75 Å². The first-order chi connectivity index (χ1) is 11.1. The molecule has 1 N–H and O–H groups in total. The standard InChI is InChI=1S/C16H18N2O5/c1-22-14(19)9-12-15(20)17-5-6-18(12)16(21)11-2-3-13-10(8-11)4-7-23-13/h2-3,8,12H,4-7,9H2,1H3,(H,17,20). The fraction of sp³-hybridized carbons (Fsp3) is 0.438. The van der Waals surface area contributed by atoms with E-state index in [2.05, 4.69) is 10.1 Å². The number of benzene rings is 1. The van der Waals surface area contributed by atoms with Gasteiger partial charge in [0.05, 0.1) is 20.1 Å². The third-order valence-corrected chi connectivity index (χ3v) is 4.12. The van der Waals surface area contributed by atoms with Crippen LogP contribution >= 0.6 is 0 Å². The number of ether oxygens (including phenoxy) is 2. The molecule has 2 amide bonds. The molecular formula is C16H18N2O5. The van der Waals surface area contributed by atoms with Crippen LogP contribution in [-0.2, 0) is 20.7 Å². The molecule has 0 aromatic heterocycles. The summed E-state index contributed by atoms with van der Waals surface area (Å²) in [4.78, 5) is 37.8. The van der Waals surface area contributed by atoms with E-state index in [1.165, 1.54) is 12.0 Å². The summed E-state index contributed by atoms with van der Waals surface area (Å²) in [6.45, 7) is 1.35. The van der Waals surface area contributed by atoms with Crippen molar-refractivity contribution in [3.63, 3.8) is 0 Å². The zero-order chi connectivity index (χ0) is 16.4. The minimum absolute atomic E-state index is 0.151. The molecule has 3 rings (SSSR count). The number of esters is 1. The molecule has 0 bridgehead atoms. The molecule has 0 spiro atoms. The zero-order valence-electron chi connectivity index (χ0n) is 12.8. The minimum atomic E-state index is -0.840. The van der Waals surface area contributed by atoms with E-state index in [4.69, 9.17) is 4.74 Å². The molecule has 7 nitrogen and oxygen atoms in total. The van der Waals surface area contributed by atoms with E-state index in [1.54, 1.807) is 18.2 Å². The van der Waals surface area contributed by atoms with Gasteiger partial charge in [0.25, 0.3) is 5.91 Å². The Bertz CT molecular complexity index is 658. The van der Waals surface area contributed by atoms with Gasteiger partial charge in [0.2, 0.25) is 5.91 Å². The Morgan fingerprint density at radius 1 is 1.43 bits per heavy atom. The van der Waals surface area contributed by atoms with E-state index in [0.29, 0.717) is 25.3 Å². The largest absolute Gasteiger partial charge is 0.493 e. The number of carbonyl (C=O) groups is 3. The van der Waals surface area contributed by atoms with Crippen LogP contribution in [0.5, 0.6) is 5.75 Å². The number of amides is 2. The maximum atomic E-state index is 12.8. The molecule has 1 saturated heterocycles. The Morgan fingerprint density at radius 2 is 2.26 bits per heavy atom. The first-order valence-electron chi connectivity index (χ1n) is 7.51. The highest BCUT2D eigenvalue weighted by Gasteiger charge is 2.35. The van der Waals surface area contributed by atoms with Crippen LogP contribution < -0.4 is 10.1 Å². The molecule has 0 radical (unpaired) electrons. The second kappa shape index (κ2) is 6.28. The number of fused-ring (bicyclic) bond motifs is 1. The highest BCUT2D eigenvalue weighted by atomic mass is 16.5. The average molecular weight is 318 g/mol. The molecule has 23 heavy (non-hydrogen) atoms. The zero-order valence-corrected chi connectivity index (χ0v) is 12.8. The number of hydrogen-bond donors (Lipinski definition) is 1. The van der Waals surface area contributed by atoms with Crippen LogP contribution in [0.2, 0.25) is 0 Å². The van der Waals surface area contributed by atoms with E-state index in [1.807, 2.05) is 0 Å². The lowest BCUT2D eigenvalue weighted by Gasteiger charge is -2.34. The number of carbonyl (C=O) groups excluding carboxylic acids is 3. The normalized spacial score (nSPS) is 19.6. The molecule has 2 aliphatic rings. The number of piperazine rings is 1. The van der Waals surface area contributed by atoms with Crippen molar-refractivity contribution in [2.24, 2.45) is 0 Å². The van der Waals surface area contributed by atoms with Crippen LogP contribution in [0.3, 0.4) is 0 Å². The lowest BCUT2D eigenvalue weighted by Crippen LogP contribution is -2.57. The van der Waals surface area contributed by atoms with Gasteiger partial charge in [0.15, 0.2) is 0 Å². The van der Waals surface area contributed by atoms with Crippen LogP contribution in [0.25, 0.3) is 0 Å². The Kier molecular flexibility index (Phi) is 4.18. The third kappa shape index (κ3) is 2.99. The maximum Gasteiger partial charge on any atom is 0.308 e. The summed E-state index contributed by atoms with van der Waals surface area (Å²) in [5.41, 5.74) is 1.49. The quantitative estimate of drug-likeness (QED) is 0.801. The molecular weight excluding hydrogens is 300 g/mol. The molecule has 1 aromatic rings. The van der Waals surface area contributed by atoms with Gasteiger partial charge in [-0.1, -0.05) is 0 Å². The number of hydrogen-bond acceptors (Lipinski definition) is 5. The fourth-order valence-electron chi connectivity index (χ4n) is 2.89. The van der Waals surface area contributed by atoms with Crippen LogP contribution in [0.4, 0.5) is 0 Å². The highest BCUT2D eigenvalue weighted by molar-refractivity contribution is 5.99. The summed E-state index contributed by atoms with van der Waals surface area (Å²) < 4.78 is 10.1. The Hall–Kier alpha value is -2.57. The van der Waals surface area contributed by atoms with E-state index in [9.17, 15) is 14.4 Å². The van der Waals surface area contributed by atoms with Gasteiger partial charge in [0, 0.05) is 25.1 Å². The van der Waals surface area contributed by atoms with Crippen LogP contribution in [0.15, 0.2) is 18.2 Å². The lowest BCUT2D eigenvalue weighted by atomic mass is 10.0. The minimum Gasteiger partial charge on any atom is -0.493 e. The molecule has 7 heteroatoms. The Labute approximate surface area is 133 Å². The van der Waals surface area contributed by atoms with E-state index < -0.39 is 12.0 Å². The second-order valence-corrected chi connectivity index (χ2v) is 5.51. The van der Waals surface area contributed by atoms with Crippen LogP contribution in [0, 0.1) is 0 Å². The van der Waals surface area contributed by atoms with Gasteiger partial charge in [-0.05, 0) is 23.8 Å².